The molecule has 0 bridgehead atoms. The Kier molecular flexibility index (Phi) is 2.41. The Bertz CT molecular complexity index is 502. The normalized spacial score (nSPS) is 10.5. The van der Waals surface area contributed by atoms with Gasteiger partial charge >= 0.3 is 5.97 Å². The van der Waals surface area contributed by atoms with E-state index in [0.29, 0.717) is 0 Å². The molecule has 4 nitrogen and oxygen atoms in total. The lowest BCUT2D eigenvalue weighted by molar-refractivity contribution is -0.142. The second-order valence-corrected chi connectivity index (χ2v) is 3.42. The molecule has 0 amide bonds. The minimum absolute atomic E-state index is 0.275. The minimum Gasteiger partial charge on any atom is -0.461 e. The maximum absolute atomic E-state index is 10.7. The van der Waals surface area contributed by atoms with E-state index in [-0.39, 0.29) is 12.6 Å². The van der Waals surface area contributed by atoms with Crippen molar-refractivity contribution in [2.24, 2.45) is 0 Å². The van der Waals surface area contributed by atoms with Gasteiger partial charge in [0.25, 0.3) is 0 Å². The van der Waals surface area contributed by atoms with Gasteiger partial charge < -0.3 is 9.72 Å². The first-order chi connectivity index (χ1) is 7.16. The van der Waals surface area contributed by atoms with Crippen molar-refractivity contribution < 1.29 is 9.53 Å². The number of carbonyl (C=O) groups excluding carboxylic acids is 1. The zero-order valence-corrected chi connectivity index (χ0v) is 8.70. The number of aryl methyl sites for hydroxylation is 1. The number of rotatable bonds is 2. The third kappa shape index (κ3) is 1.98. The summed E-state index contributed by atoms with van der Waals surface area (Å²) in [6.45, 7) is 3.57. The number of fused-ring (bicyclic) bond motifs is 1. The van der Waals surface area contributed by atoms with E-state index < -0.39 is 0 Å². The average molecular weight is 204 g/mol. The van der Waals surface area contributed by atoms with Crippen LogP contribution in [0.25, 0.3) is 11.0 Å². The van der Waals surface area contributed by atoms with Crippen LogP contribution in [-0.2, 0) is 16.1 Å². The predicted octanol–water partition coefficient (Wildman–Crippen LogP) is 1.93. The molecule has 0 radical (unpaired) electrons. The van der Waals surface area contributed by atoms with Crippen molar-refractivity contribution in [3.05, 3.63) is 29.6 Å². The largest absolute Gasteiger partial charge is 0.461 e. The first-order valence-corrected chi connectivity index (χ1v) is 4.74. The molecule has 4 heteroatoms. The van der Waals surface area contributed by atoms with Crippen LogP contribution in [0, 0.1) is 6.92 Å². The fraction of sp³-hybridized carbons (Fsp3) is 0.273. The number of imidazole rings is 1. The highest BCUT2D eigenvalue weighted by Crippen LogP contribution is 2.16. The van der Waals surface area contributed by atoms with Gasteiger partial charge in [-0.15, -0.1) is 0 Å². The Morgan fingerprint density at radius 2 is 2.33 bits per heavy atom. The summed E-state index contributed by atoms with van der Waals surface area (Å²) in [5.74, 6) is 0.583. The highest BCUT2D eigenvalue weighted by molar-refractivity contribution is 5.79. The number of H-pyrrole nitrogens is 1. The highest BCUT2D eigenvalue weighted by atomic mass is 16.5. The van der Waals surface area contributed by atoms with E-state index in [1.807, 2.05) is 25.1 Å². The second kappa shape index (κ2) is 3.73. The lowest BCUT2D eigenvalue weighted by Crippen LogP contribution is -1.99. The van der Waals surface area contributed by atoms with Gasteiger partial charge in [0.1, 0.15) is 12.4 Å². The summed E-state index contributed by atoms with van der Waals surface area (Å²) in [4.78, 5) is 18.2. The molecule has 0 saturated heterocycles. The first-order valence-electron chi connectivity index (χ1n) is 4.74. The fourth-order valence-electron chi connectivity index (χ4n) is 1.51. The summed E-state index contributed by atoms with van der Waals surface area (Å²) in [6.07, 6.45) is 0. The van der Waals surface area contributed by atoms with Crippen molar-refractivity contribution in [2.45, 2.75) is 20.5 Å². The van der Waals surface area contributed by atoms with Crippen LogP contribution in [-0.4, -0.2) is 15.9 Å². The van der Waals surface area contributed by atoms with E-state index in [2.05, 4.69) is 9.97 Å². The van der Waals surface area contributed by atoms with E-state index in [0.717, 1.165) is 22.4 Å². The molecule has 1 aromatic carbocycles. The smallest absolute Gasteiger partial charge is 0.302 e. The van der Waals surface area contributed by atoms with Gasteiger partial charge in [-0.25, -0.2) is 4.98 Å². The number of nitrogens with zero attached hydrogens (tertiary/aromatic N) is 1. The highest BCUT2D eigenvalue weighted by Gasteiger charge is 2.05. The number of nitrogens with one attached hydrogen (secondary N) is 1. The number of benzene rings is 1. The lowest BCUT2D eigenvalue weighted by Gasteiger charge is -2.02. The van der Waals surface area contributed by atoms with Gasteiger partial charge in [0, 0.05) is 12.5 Å². The SMILES string of the molecule is CC(=O)OCc1cccc2[nH]c(C)nc12. The third-order valence-corrected chi connectivity index (χ3v) is 2.15. The van der Waals surface area contributed by atoms with Gasteiger partial charge in [0.05, 0.1) is 11.0 Å². The van der Waals surface area contributed by atoms with Gasteiger partial charge in [-0.05, 0) is 13.0 Å². The molecule has 2 aromatic rings. The number of aromatic amines is 1. The van der Waals surface area contributed by atoms with Crippen molar-refractivity contribution >= 4 is 17.0 Å². The molecule has 0 aliphatic rings. The van der Waals surface area contributed by atoms with Crippen LogP contribution in [0.5, 0.6) is 0 Å². The fourth-order valence-corrected chi connectivity index (χ4v) is 1.51. The standard InChI is InChI=1S/C11H12N2O2/c1-7-12-10-5-3-4-9(11(10)13-7)6-15-8(2)14/h3-5H,6H2,1-2H3,(H,12,13). The number of para-hydroxylation sites is 1. The van der Waals surface area contributed by atoms with E-state index in [1.165, 1.54) is 6.92 Å². The molecule has 2 rings (SSSR count). The van der Waals surface area contributed by atoms with E-state index in [4.69, 9.17) is 4.74 Å². The Labute approximate surface area is 87.3 Å². The molecule has 1 aromatic heterocycles. The first kappa shape index (κ1) is 9.71. The second-order valence-electron chi connectivity index (χ2n) is 3.42. The van der Waals surface area contributed by atoms with Crippen molar-refractivity contribution in [1.29, 1.82) is 0 Å². The number of hydrogen-bond donors (Lipinski definition) is 1. The Balaban J connectivity index is 2.37. The molecule has 1 N–H and O–H groups in total. The molecule has 0 atom stereocenters. The molecular weight excluding hydrogens is 192 g/mol. The van der Waals surface area contributed by atoms with Crippen LogP contribution in [0.3, 0.4) is 0 Å². The molecule has 78 valence electrons. The quantitative estimate of drug-likeness (QED) is 0.760. The van der Waals surface area contributed by atoms with Gasteiger partial charge in [-0.2, -0.15) is 0 Å². The molecular formula is C11H12N2O2. The van der Waals surface area contributed by atoms with E-state index >= 15 is 0 Å². The monoisotopic (exact) mass is 204 g/mol. The number of ether oxygens (including phenoxy) is 1. The third-order valence-electron chi connectivity index (χ3n) is 2.15. The molecule has 0 fully saturated rings. The maximum atomic E-state index is 10.7. The number of hydrogen-bond acceptors (Lipinski definition) is 3. The lowest BCUT2D eigenvalue weighted by atomic mass is 10.2. The van der Waals surface area contributed by atoms with Crippen LogP contribution in [0.4, 0.5) is 0 Å². The molecule has 1 heterocycles. The summed E-state index contributed by atoms with van der Waals surface area (Å²) < 4.78 is 4.95. The van der Waals surface area contributed by atoms with Gasteiger partial charge in [0.15, 0.2) is 0 Å². The van der Waals surface area contributed by atoms with Crippen molar-refractivity contribution in [1.82, 2.24) is 9.97 Å². The Morgan fingerprint density at radius 3 is 3.07 bits per heavy atom. The summed E-state index contributed by atoms with van der Waals surface area (Å²) in [7, 11) is 0. The molecule has 0 unspecified atom stereocenters. The summed E-state index contributed by atoms with van der Waals surface area (Å²) >= 11 is 0. The average Bonchev–Trinajstić information content (AvgIpc) is 2.55. The van der Waals surface area contributed by atoms with Crippen LogP contribution < -0.4 is 0 Å². The van der Waals surface area contributed by atoms with Crippen LogP contribution in [0.1, 0.15) is 18.3 Å². The predicted molar refractivity (Wildman–Crippen MR) is 56.3 cm³/mol. The van der Waals surface area contributed by atoms with Crippen molar-refractivity contribution in [3.63, 3.8) is 0 Å². The number of esters is 1. The van der Waals surface area contributed by atoms with Crippen LogP contribution >= 0.6 is 0 Å². The molecule has 0 saturated carbocycles. The Hall–Kier alpha value is -1.84. The molecule has 0 aliphatic heterocycles. The van der Waals surface area contributed by atoms with Crippen molar-refractivity contribution in [2.75, 3.05) is 0 Å². The molecule has 0 aliphatic carbocycles. The van der Waals surface area contributed by atoms with Gasteiger partial charge in [0.2, 0.25) is 0 Å². The Morgan fingerprint density at radius 1 is 1.53 bits per heavy atom. The van der Waals surface area contributed by atoms with E-state index in [1.54, 1.807) is 0 Å². The molecule has 15 heavy (non-hydrogen) atoms. The van der Waals surface area contributed by atoms with Crippen LogP contribution in [0.2, 0.25) is 0 Å². The van der Waals surface area contributed by atoms with E-state index in [9.17, 15) is 4.79 Å². The maximum Gasteiger partial charge on any atom is 0.302 e. The van der Waals surface area contributed by atoms with Crippen LogP contribution in [0.15, 0.2) is 18.2 Å². The summed E-state index contributed by atoms with van der Waals surface area (Å²) in [6, 6.07) is 5.77. The van der Waals surface area contributed by atoms with Crippen molar-refractivity contribution in [3.8, 4) is 0 Å². The zero-order chi connectivity index (χ0) is 10.8. The van der Waals surface area contributed by atoms with Gasteiger partial charge in [-0.1, -0.05) is 12.1 Å². The summed E-state index contributed by atoms with van der Waals surface area (Å²) in [5, 5.41) is 0. The summed E-state index contributed by atoms with van der Waals surface area (Å²) in [5.41, 5.74) is 2.76. The zero-order valence-electron chi connectivity index (χ0n) is 8.70. The molecule has 0 spiro atoms. The van der Waals surface area contributed by atoms with Gasteiger partial charge in [-0.3, -0.25) is 4.79 Å². The number of carbonyl (C=O) groups is 1. The topological polar surface area (TPSA) is 55.0 Å². The number of aromatic nitrogens is 2. The minimum atomic E-state index is -0.278.